The SMILES string of the molecule is COC(=O)N[C@H]1CCC[C@@H]1C(Cn1cccn1)(c1cccc(F)c1)C1CCN(CC2CNC2)CC1. The number of nitrogens with one attached hydrogen (secondary N) is 2. The second-order valence-corrected chi connectivity index (χ2v) is 10.6. The summed E-state index contributed by atoms with van der Waals surface area (Å²) in [5.74, 6) is 1.07. The fourth-order valence-corrected chi connectivity index (χ4v) is 6.96. The van der Waals surface area contributed by atoms with Gasteiger partial charge in [0.15, 0.2) is 0 Å². The average Bonchev–Trinajstić information content (AvgIpc) is 3.52. The molecule has 2 aliphatic heterocycles. The van der Waals surface area contributed by atoms with Crippen LogP contribution in [0.3, 0.4) is 0 Å². The molecule has 1 aliphatic carbocycles. The van der Waals surface area contributed by atoms with Gasteiger partial charge in [0.25, 0.3) is 0 Å². The summed E-state index contributed by atoms with van der Waals surface area (Å²) in [5, 5.41) is 11.1. The molecule has 3 atom stereocenters. The normalized spacial score (nSPS) is 25.7. The van der Waals surface area contributed by atoms with Gasteiger partial charge in [-0.2, -0.15) is 5.10 Å². The number of hydrogen-bond acceptors (Lipinski definition) is 5. The zero-order valence-corrected chi connectivity index (χ0v) is 20.7. The predicted octanol–water partition coefficient (Wildman–Crippen LogP) is 3.42. The molecule has 0 bridgehead atoms. The Bertz CT molecular complexity index is 974. The third-order valence-electron chi connectivity index (χ3n) is 8.71. The molecule has 0 radical (unpaired) electrons. The number of carbonyl (C=O) groups is 1. The average molecular weight is 484 g/mol. The quantitative estimate of drug-likeness (QED) is 0.602. The number of aromatic nitrogens is 2. The number of halogens is 1. The lowest BCUT2D eigenvalue weighted by molar-refractivity contribution is 0.0508. The van der Waals surface area contributed by atoms with Gasteiger partial charge in [0.1, 0.15) is 5.82 Å². The summed E-state index contributed by atoms with van der Waals surface area (Å²) in [6.45, 7) is 6.18. The Labute approximate surface area is 207 Å². The summed E-state index contributed by atoms with van der Waals surface area (Å²) in [6, 6.07) is 9.11. The van der Waals surface area contributed by atoms with Gasteiger partial charge < -0.3 is 20.3 Å². The Morgan fingerprint density at radius 2 is 2.06 bits per heavy atom. The largest absolute Gasteiger partial charge is 0.453 e. The fourth-order valence-electron chi connectivity index (χ4n) is 6.96. The Hall–Kier alpha value is -2.45. The van der Waals surface area contributed by atoms with Gasteiger partial charge in [0.2, 0.25) is 0 Å². The molecule has 7 nitrogen and oxygen atoms in total. The van der Waals surface area contributed by atoms with Gasteiger partial charge in [-0.05, 0) is 80.3 Å². The Morgan fingerprint density at radius 3 is 2.71 bits per heavy atom. The van der Waals surface area contributed by atoms with Crippen LogP contribution in [0.4, 0.5) is 9.18 Å². The van der Waals surface area contributed by atoms with Crippen molar-refractivity contribution in [1.29, 1.82) is 0 Å². The molecule has 3 aliphatic rings. The van der Waals surface area contributed by atoms with E-state index in [1.54, 1.807) is 6.07 Å². The van der Waals surface area contributed by atoms with Crippen molar-refractivity contribution in [3.8, 4) is 0 Å². The zero-order valence-electron chi connectivity index (χ0n) is 20.7. The molecule has 1 aromatic carbocycles. The number of nitrogens with zero attached hydrogens (tertiary/aromatic N) is 3. The zero-order chi connectivity index (χ0) is 24.3. The number of methoxy groups -OCH3 is 1. The van der Waals surface area contributed by atoms with Crippen LogP contribution >= 0.6 is 0 Å². The fraction of sp³-hybridized carbons (Fsp3) is 0.630. The third kappa shape index (κ3) is 5.09. The van der Waals surface area contributed by atoms with Crippen LogP contribution in [0.5, 0.6) is 0 Å². The summed E-state index contributed by atoms with van der Waals surface area (Å²) < 4.78 is 21.7. The van der Waals surface area contributed by atoms with Gasteiger partial charge in [-0.15, -0.1) is 0 Å². The smallest absolute Gasteiger partial charge is 0.407 e. The van der Waals surface area contributed by atoms with E-state index >= 15 is 0 Å². The van der Waals surface area contributed by atoms with Crippen molar-refractivity contribution in [3.05, 3.63) is 54.1 Å². The van der Waals surface area contributed by atoms with Gasteiger partial charge in [-0.3, -0.25) is 4.68 Å². The molecule has 1 unspecified atom stereocenters. The van der Waals surface area contributed by atoms with Crippen LogP contribution in [0.1, 0.15) is 37.7 Å². The maximum atomic E-state index is 14.7. The molecule has 2 N–H and O–H groups in total. The highest BCUT2D eigenvalue weighted by Gasteiger charge is 2.52. The van der Waals surface area contributed by atoms with E-state index in [9.17, 15) is 9.18 Å². The first-order valence-electron chi connectivity index (χ1n) is 13.1. The number of ether oxygens (including phenoxy) is 1. The maximum absolute atomic E-state index is 14.7. The number of alkyl carbamates (subject to hydrolysis) is 1. The molecule has 8 heteroatoms. The van der Waals surface area contributed by atoms with Crippen LogP contribution in [0, 0.1) is 23.6 Å². The van der Waals surface area contributed by atoms with E-state index in [2.05, 4.69) is 26.7 Å². The van der Waals surface area contributed by atoms with Crippen LogP contribution in [-0.2, 0) is 16.7 Å². The van der Waals surface area contributed by atoms with Crippen molar-refractivity contribution >= 4 is 6.09 Å². The number of rotatable bonds is 8. The molecule has 0 spiro atoms. The molecule has 1 amide bonds. The number of amides is 1. The lowest BCUT2D eigenvalue weighted by Crippen LogP contribution is -2.56. The number of benzene rings is 1. The summed E-state index contributed by atoms with van der Waals surface area (Å²) in [5.41, 5.74) is 0.679. The number of likely N-dealkylation sites (tertiary alicyclic amines) is 1. The van der Waals surface area contributed by atoms with Crippen LogP contribution in [0.25, 0.3) is 0 Å². The lowest BCUT2D eigenvalue weighted by atomic mass is 9.58. The van der Waals surface area contributed by atoms with E-state index in [4.69, 9.17) is 4.74 Å². The molecule has 35 heavy (non-hydrogen) atoms. The van der Waals surface area contributed by atoms with E-state index in [1.807, 2.05) is 29.2 Å². The highest BCUT2D eigenvalue weighted by atomic mass is 19.1. The van der Waals surface area contributed by atoms with E-state index in [1.165, 1.54) is 13.2 Å². The number of hydrogen-bond donors (Lipinski definition) is 2. The van der Waals surface area contributed by atoms with Gasteiger partial charge in [0, 0.05) is 43.5 Å². The minimum absolute atomic E-state index is 0.0136. The van der Waals surface area contributed by atoms with Crippen LogP contribution in [-0.4, -0.2) is 66.6 Å². The van der Waals surface area contributed by atoms with Gasteiger partial charge in [0.05, 0.1) is 13.7 Å². The third-order valence-corrected chi connectivity index (χ3v) is 8.71. The number of piperidine rings is 1. The minimum atomic E-state index is -0.391. The first-order chi connectivity index (χ1) is 17.1. The minimum Gasteiger partial charge on any atom is -0.453 e. The molecular formula is C27H38FN5O2. The molecule has 5 rings (SSSR count). The monoisotopic (exact) mass is 483 g/mol. The van der Waals surface area contributed by atoms with Crippen LogP contribution in [0.15, 0.2) is 42.7 Å². The number of carbonyl (C=O) groups excluding carboxylic acids is 1. The van der Waals surface area contributed by atoms with Crippen molar-refractivity contribution in [2.75, 3.05) is 39.8 Å². The van der Waals surface area contributed by atoms with Crippen molar-refractivity contribution in [1.82, 2.24) is 25.3 Å². The van der Waals surface area contributed by atoms with Crippen molar-refractivity contribution in [3.63, 3.8) is 0 Å². The molecular weight excluding hydrogens is 445 g/mol. The molecule has 1 saturated carbocycles. The van der Waals surface area contributed by atoms with E-state index < -0.39 is 6.09 Å². The van der Waals surface area contributed by atoms with E-state index in [0.29, 0.717) is 12.5 Å². The second-order valence-electron chi connectivity index (χ2n) is 10.6. The summed E-state index contributed by atoms with van der Waals surface area (Å²) in [7, 11) is 1.41. The van der Waals surface area contributed by atoms with E-state index in [0.717, 1.165) is 76.3 Å². The van der Waals surface area contributed by atoms with Crippen molar-refractivity contribution in [2.24, 2.45) is 17.8 Å². The first-order valence-corrected chi connectivity index (χ1v) is 13.1. The maximum Gasteiger partial charge on any atom is 0.407 e. The Morgan fingerprint density at radius 1 is 1.23 bits per heavy atom. The van der Waals surface area contributed by atoms with E-state index in [-0.39, 0.29) is 23.2 Å². The highest BCUT2D eigenvalue weighted by Crippen LogP contribution is 2.51. The van der Waals surface area contributed by atoms with Gasteiger partial charge in [-0.1, -0.05) is 18.6 Å². The molecule has 3 heterocycles. The molecule has 3 fully saturated rings. The highest BCUT2D eigenvalue weighted by molar-refractivity contribution is 5.67. The summed E-state index contributed by atoms with van der Waals surface area (Å²) >= 11 is 0. The second kappa shape index (κ2) is 10.7. The molecule has 1 aromatic heterocycles. The molecule has 190 valence electrons. The Kier molecular flexibility index (Phi) is 7.39. The van der Waals surface area contributed by atoms with Gasteiger partial charge in [-0.25, -0.2) is 9.18 Å². The molecule has 2 saturated heterocycles. The van der Waals surface area contributed by atoms with Crippen LogP contribution in [0.2, 0.25) is 0 Å². The predicted molar refractivity (Wildman–Crippen MR) is 132 cm³/mol. The van der Waals surface area contributed by atoms with Crippen molar-refractivity contribution in [2.45, 2.75) is 50.1 Å². The first kappa shape index (κ1) is 24.3. The van der Waals surface area contributed by atoms with Crippen LogP contribution < -0.4 is 10.6 Å². The molecule has 2 aromatic rings. The topological polar surface area (TPSA) is 71.4 Å². The standard InChI is InChI=1S/C27H38FN5O2/c1-35-26(34)31-25-8-3-7-24(25)27(19-33-12-4-11-30-33,22-5-2-6-23(28)15-22)21-9-13-32(14-10-21)18-20-16-29-17-20/h2,4-6,11-12,15,20-21,24-25,29H,3,7-10,13-14,16-19H2,1H3,(H,31,34)/t24-,25-,27?/m0/s1. The summed E-state index contributed by atoms with van der Waals surface area (Å²) in [4.78, 5) is 14.9. The summed E-state index contributed by atoms with van der Waals surface area (Å²) in [6.07, 6.45) is 8.46. The van der Waals surface area contributed by atoms with Gasteiger partial charge >= 0.3 is 6.09 Å². The Balaban J connectivity index is 1.51. The van der Waals surface area contributed by atoms with Crippen molar-refractivity contribution < 1.29 is 13.9 Å². The lowest BCUT2D eigenvalue weighted by Gasteiger charge is -2.51.